The molecule has 0 aliphatic carbocycles. The third-order valence-corrected chi connectivity index (χ3v) is 5.68. The Balaban J connectivity index is 1.65. The Kier molecular flexibility index (Phi) is 6.73. The SMILES string of the molecule is CCCN1CCOC(c2ccc(OCc3ccccc3I)cc2C)C1. The van der Waals surface area contributed by atoms with E-state index in [4.69, 9.17) is 9.47 Å². The molecule has 1 atom stereocenters. The summed E-state index contributed by atoms with van der Waals surface area (Å²) in [7, 11) is 0. The Morgan fingerprint density at radius 2 is 2.08 bits per heavy atom. The van der Waals surface area contributed by atoms with Crippen LogP contribution in [0, 0.1) is 10.5 Å². The minimum atomic E-state index is 0.171. The fourth-order valence-corrected chi connectivity index (χ4v) is 3.83. The number of rotatable bonds is 6. The molecule has 1 aliphatic heterocycles. The van der Waals surface area contributed by atoms with Crippen LogP contribution in [0.4, 0.5) is 0 Å². The number of morpholine rings is 1. The summed E-state index contributed by atoms with van der Waals surface area (Å²) >= 11 is 2.35. The maximum atomic E-state index is 6.02. The van der Waals surface area contributed by atoms with Crippen LogP contribution < -0.4 is 4.74 Å². The molecule has 1 aliphatic rings. The minimum absolute atomic E-state index is 0.171. The highest BCUT2D eigenvalue weighted by Gasteiger charge is 2.22. The van der Waals surface area contributed by atoms with Crippen LogP contribution in [0.2, 0.25) is 0 Å². The molecule has 0 saturated carbocycles. The summed E-state index contributed by atoms with van der Waals surface area (Å²) in [5.41, 5.74) is 3.74. The summed E-state index contributed by atoms with van der Waals surface area (Å²) in [5, 5.41) is 0. The molecule has 0 spiro atoms. The van der Waals surface area contributed by atoms with Gasteiger partial charge >= 0.3 is 0 Å². The molecule has 1 unspecified atom stereocenters. The highest BCUT2D eigenvalue weighted by atomic mass is 127. The molecule has 4 heteroatoms. The van der Waals surface area contributed by atoms with Gasteiger partial charge < -0.3 is 9.47 Å². The molecule has 3 rings (SSSR count). The maximum Gasteiger partial charge on any atom is 0.120 e. The molecule has 0 bridgehead atoms. The van der Waals surface area contributed by atoms with Crippen LogP contribution in [0.25, 0.3) is 0 Å². The summed E-state index contributed by atoms with van der Waals surface area (Å²) in [5.74, 6) is 0.919. The van der Waals surface area contributed by atoms with Crippen molar-refractivity contribution in [1.82, 2.24) is 4.90 Å². The van der Waals surface area contributed by atoms with Gasteiger partial charge in [-0.2, -0.15) is 0 Å². The lowest BCUT2D eigenvalue weighted by molar-refractivity contribution is -0.0301. The van der Waals surface area contributed by atoms with Gasteiger partial charge in [-0.1, -0.05) is 31.2 Å². The topological polar surface area (TPSA) is 21.7 Å². The van der Waals surface area contributed by atoms with Crippen LogP contribution >= 0.6 is 22.6 Å². The lowest BCUT2D eigenvalue weighted by atomic mass is 10.0. The van der Waals surface area contributed by atoms with Crippen LogP contribution in [-0.4, -0.2) is 31.1 Å². The predicted molar refractivity (Wildman–Crippen MR) is 110 cm³/mol. The molecular weight excluding hydrogens is 425 g/mol. The zero-order valence-electron chi connectivity index (χ0n) is 15.0. The lowest BCUT2D eigenvalue weighted by Crippen LogP contribution is -2.38. The van der Waals surface area contributed by atoms with Gasteiger partial charge in [-0.15, -0.1) is 0 Å². The van der Waals surface area contributed by atoms with E-state index in [9.17, 15) is 0 Å². The standard InChI is InChI=1S/C21H26INO2/c1-3-10-23-11-12-24-21(14-23)19-9-8-18(13-16(19)2)25-15-17-6-4-5-7-20(17)22/h4-9,13,21H,3,10-12,14-15H2,1-2H3. The lowest BCUT2D eigenvalue weighted by Gasteiger charge is -2.33. The Labute approximate surface area is 164 Å². The van der Waals surface area contributed by atoms with Gasteiger partial charge in [-0.25, -0.2) is 0 Å². The Morgan fingerprint density at radius 3 is 2.84 bits per heavy atom. The highest BCUT2D eigenvalue weighted by Crippen LogP contribution is 2.28. The van der Waals surface area contributed by atoms with Crippen molar-refractivity contribution in [3.05, 3.63) is 62.7 Å². The van der Waals surface area contributed by atoms with Crippen LogP contribution in [0.1, 0.15) is 36.1 Å². The maximum absolute atomic E-state index is 6.02. The van der Waals surface area contributed by atoms with Crippen molar-refractivity contribution in [2.24, 2.45) is 0 Å². The fourth-order valence-electron chi connectivity index (χ4n) is 3.29. The average molecular weight is 451 g/mol. The minimum Gasteiger partial charge on any atom is -0.489 e. The largest absolute Gasteiger partial charge is 0.489 e. The third-order valence-electron chi connectivity index (χ3n) is 4.63. The van der Waals surface area contributed by atoms with Crippen molar-refractivity contribution < 1.29 is 9.47 Å². The number of benzene rings is 2. The van der Waals surface area contributed by atoms with Gasteiger partial charge in [0.1, 0.15) is 12.4 Å². The van der Waals surface area contributed by atoms with Crippen LogP contribution in [0.3, 0.4) is 0 Å². The molecule has 25 heavy (non-hydrogen) atoms. The van der Waals surface area contributed by atoms with E-state index in [0.29, 0.717) is 6.61 Å². The third kappa shape index (κ3) is 4.96. The second-order valence-corrected chi connectivity index (χ2v) is 7.72. The molecule has 1 heterocycles. The first-order valence-corrected chi connectivity index (χ1v) is 10.1. The Morgan fingerprint density at radius 1 is 1.24 bits per heavy atom. The number of hydrogen-bond acceptors (Lipinski definition) is 3. The summed E-state index contributed by atoms with van der Waals surface area (Å²) < 4.78 is 13.3. The second kappa shape index (κ2) is 9.01. The van der Waals surface area contributed by atoms with Gasteiger partial charge in [0, 0.05) is 22.2 Å². The van der Waals surface area contributed by atoms with E-state index in [1.54, 1.807) is 0 Å². The van der Waals surface area contributed by atoms with E-state index >= 15 is 0 Å². The number of halogens is 1. The quantitative estimate of drug-likeness (QED) is 0.580. The van der Waals surface area contributed by atoms with Crippen molar-refractivity contribution in [2.75, 3.05) is 26.2 Å². The number of nitrogens with zero attached hydrogens (tertiary/aromatic N) is 1. The predicted octanol–water partition coefficient (Wildman–Crippen LogP) is 4.96. The molecule has 0 aromatic heterocycles. The monoisotopic (exact) mass is 451 g/mol. The second-order valence-electron chi connectivity index (χ2n) is 6.56. The molecule has 134 valence electrons. The van der Waals surface area contributed by atoms with E-state index in [-0.39, 0.29) is 6.10 Å². The zero-order chi connectivity index (χ0) is 17.6. The Bertz CT molecular complexity index is 702. The first-order valence-electron chi connectivity index (χ1n) is 8.98. The van der Waals surface area contributed by atoms with Crippen LogP contribution in [0.5, 0.6) is 5.75 Å². The molecule has 2 aromatic carbocycles. The first-order chi connectivity index (χ1) is 12.2. The van der Waals surface area contributed by atoms with Gasteiger partial charge in [-0.05, 0) is 71.8 Å². The molecule has 0 amide bonds. The zero-order valence-corrected chi connectivity index (χ0v) is 17.2. The molecule has 0 N–H and O–H groups in total. The Hall–Kier alpha value is -1.11. The van der Waals surface area contributed by atoms with Crippen LogP contribution in [-0.2, 0) is 11.3 Å². The average Bonchev–Trinajstić information content (AvgIpc) is 2.62. The van der Waals surface area contributed by atoms with Gasteiger partial charge in [0.2, 0.25) is 0 Å². The molecule has 3 nitrogen and oxygen atoms in total. The van der Waals surface area contributed by atoms with Crippen molar-refractivity contribution in [2.45, 2.75) is 33.0 Å². The van der Waals surface area contributed by atoms with Crippen molar-refractivity contribution in [3.63, 3.8) is 0 Å². The van der Waals surface area contributed by atoms with E-state index in [0.717, 1.165) is 32.0 Å². The van der Waals surface area contributed by atoms with Crippen molar-refractivity contribution in [3.8, 4) is 5.75 Å². The summed E-state index contributed by atoms with van der Waals surface area (Å²) in [6.07, 6.45) is 1.36. The highest BCUT2D eigenvalue weighted by molar-refractivity contribution is 14.1. The normalized spacial score (nSPS) is 18.3. The van der Waals surface area contributed by atoms with Gasteiger partial charge in [0.05, 0.1) is 12.7 Å². The molecule has 0 radical (unpaired) electrons. The van der Waals surface area contributed by atoms with Gasteiger partial charge in [0.25, 0.3) is 0 Å². The van der Waals surface area contributed by atoms with Crippen molar-refractivity contribution >= 4 is 22.6 Å². The van der Waals surface area contributed by atoms with E-state index in [1.165, 1.54) is 26.7 Å². The van der Waals surface area contributed by atoms with E-state index in [2.05, 4.69) is 83.8 Å². The molecule has 1 fully saturated rings. The number of hydrogen-bond donors (Lipinski definition) is 0. The molecule has 2 aromatic rings. The first kappa shape index (κ1) is 18.7. The van der Waals surface area contributed by atoms with E-state index in [1.807, 2.05) is 0 Å². The van der Waals surface area contributed by atoms with Gasteiger partial charge in [-0.3, -0.25) is 4.90 Å². The smallest absolute Gasteiger partial charge is 0.120 e. The number of aryl methyl sites for hydroxylation is 1. The summed E-state index contributed by atoms with van der Waals surface area (Å²) in [6.45, 7) is 8.97. The summed E-state index contributed by atoms with van der Waals surface area (Å²) in [6, 6.07) is 14.7. The molecular formula is C21H26INO2. The van der Waals surface area contributed by atoms with E-state index < -0.39 is 0 Å². The fraction of sp³-hybridized carbons (Fsp3) is 0.429. The van der Waals surface area contributed by atoms with Gasteiger partial charge in [0.15, 0.2) is 0 Å². The van der Waals surface area contributed by atoms with Crippen LogP contribution in [0.15, 0.2) is 42.5 Å². The number of ether oxygens (including phenoxy) is 2. The van der Waals surface area contributed by atoms with Crippen molar-refractivity contribution in [1.29, 1.82) is 0 Å². The summed E-state index contributed by atoms with van der Waals surface area (Å²) in [4.78, 5) is 2.50. The molecule has 1 saturated heterocycles.